The Hall–Kier alpha value is -1.34. The van der Waals surface area contributed by atoms with E-state index < -0.39 is 5.97 Å². The number of hydrogen-bond acceptors (Lipinski definition) is 5. The number of rotatable bonds is 6. The molecule has 0 amide bonds. The summed E-state index contributed by atoms with van der Waals surface area (Å²) in [6.07, 6.45) is 0. The Morgan fingerprint density at radius 1 is 1.38 bits per heavy atom. The molecule has 2 rings (SSSR count). The fourth-order valence-corrected chi connectivity index (χ4v) is 3.74. The van der Waals surface area contributed by atoms with Crippen LogP contribution in [-0.4, -0.2) is 31.6 Å². The van der Waals surface area contributed by atoms with Crippen LogP contribution in [0.25, 0.3) is 0 Å². The molecule has 0 spiro atoms. The molecule has 0 saturated carbocycles. The molecule has 0 bridgehead atoms. The van der Waals surface area contributed by atoms with Crippen LogP contribution >= 0.6 is 23.1 Å². The van der Waals surface area contributed by atoms with E-state index in [-0.39, 0.29) is 17.7 Å². The monoisotopic (exact) mass is 325 g/mol. The van der Waals surface area contributed by atoms with Gasteiger partial charge >= 0.3 is 5.97 Å². The van der Waals surface area contributed by atoms with E-state index in [9.17, 15) is 4.79 Å². The second-order valence-electron chi connectivity index (χ2n) is 5.17. The van der Waals surface area contributed by atoms with E-state index in [2.05, 4.69) is 54.6 Å². The Morgan fingerprint density at radius 2 is 2.10 bits per heavy atom. The van der Waals surface area contributed by atoms with Gasteiger partial charge in [0, 0.05) is 15.7 Å². The first-order valence-corrected chi connectivity index (χ1v) is 8.56. The van der Waals surface area contributed by atoms with E-state index in [1.165, 1.54) is 21.5 Å². The summed E-state index contributed by atoms with van der Waals surface area (Å²) >= 11 is 2.96. The molecule has 0 radical (unpaired) electrons. The number of carboxylic acids is 1. The number of nitrogens with zero attached hydrogens (tertiary/aromatic N) is 3. The number of hydrogen-bond donors (Lipinski definition) is 1. The van der Waals surface area contributed by atoms with Crippen molar-refractivity contribution in [1.29, 1.82) is 0 Å². The number of carboxylic acid groups (broad SMARTS) is 1. The molecule has 2 aromatic rings. The molecular weight excluding hydrogens is 306 g/mol. The van der Waals surface area contributed by atoms with Gasteiger partial charge in [-0.25, -0.2) is 0 Å². The molecule has 114 valence electrons. The van der Waals surface area contributed by atoms with Gasteiger partial charge in [-0.1, -0.05) is 25.6 Å². The molecule has 5 nitrogen and oxygen atoms in total. The molecule has 0 fully saturated rings. The summed E-state index contributed by atoms with van der Waals surface area (Å²) < 4.78 is 2.06. The van der Waals surface area contributed by atoms with E-state index in [1.54, 1.807) is 11.3 Å². The van der Waals surface area contributed by atoms with Gasteiger partial charge in [-0.3, -0.25) is 9.36 Å². The molecule has 2 heterocycles. The molecule has 0 aliphatic heterocycles. The first kappa shape index (κ1) is 16.0. The molecule has 7 heteroatoms. The van der Waals surface area contributed by atoms with Crippen molar-refractivity contribution in [3.05, 3.63) is 27.7 Å². The predicted octanol–water partition coefficient (Wildman–Crippen LogP) is 3.56. The fourth-order valence-electron chi connectivity index (χ4n) is 2.08. The quantitative estimate of drug-likeness (QED) is 0.823. The number of carbonyl (C=O) groups is 1. The SMILES string of the molecule is Cc1ccc(C(C)n2c(SCC(=O)O)nnc2C(C)C)s1. The van der Waals surface area contributed by atoms with Gasteiger partial charge in [0.15, 0.2) is 5.16 Å². The first-order chi connectivity index (χ1) is 9.90. The van der Waals surface area contributed by atoms with E-state index in [1.807, 2.05) is 0 Å². The molecule has 2 aromatic heterocycles. The second kappa shape index (κ2) is 6.62. The molecule has 1 atom stereocenters. The topological polar surface area (TPSA) is 68.0 Å². The van der Waals surface area contributed by atoms with E-state index >= 15 is 0 Å². The number of aromatic nitrogens is 3. The lowest BCUT2D eigenvalue weighted by Crippen LogP contribution is -2.12. The van der Waals surface area contributed by atoms with Crippen molar-refractivity contribution in [3.63, 3.8) is 0 Å². The van der Waals surface area contributed by atoms with Crippen molar-refractivity contribution < 1.29 is 9.90 Å². The number of aliphatic carboxylic acids is 1. The summed E-state index contributed by atoms with van der Waals surface area (Å²) in [5, 5.41) is 18.0. The molecular formula is C14H19N3O2S2. The molecule has 1 unspecified atom stereocenters. The van der Waals surface area contributed by atoms with Gasteiger partial charge in [0.25, 0.3) is 0 Å². The minimum atomic E-state index is -0.847. The third-order valence-corrected chi connectivity index (χ3v) is 5.19. The Balaban J connectivity index is 2.38. The second-order valence-corrected chi connectivity index (χ2v) is 7.43. The van der Waals surface area contributed by atoms with Crippen LogP contribution in [0.3, 0.4) is 0 Å². The Morgan fingerprint density at radius 3 is 2.62 bits per heavy atom. The van der Waals surface area contributed by atoms with Crippen LogP contribution in [-0.2, 0) is 4.79 Å². The van der Waals surface area contributed by atoms with E-state index in [4.69, 9.17) is 5.11 Å². The Labute approximate surface area is 132 Å². The van der Waals surface area contributed by atoms with Gasteiger partial charge in [0.1, 0.15) is 5.82 Å². The highest BCUT2D eigenvalue weighted by Gasteiger charge is 2.22. The highest BCUT2D eigenvalue weighted by molar-refractivity contribution is 7.99. The lowest BCUT2D eigenvalue weighted by Gasteiger charge is -2.18. The molecule has 1 N–H and O–H groups in total. The number of thiophene rings is 1. The molecule has 0 saturated heterocycles. The third kappa shape index (κ3) is 3.65. The van der Waals surface area contributed by atoms with Crippen molar-refractivity contribution in [2.75, 3.05) is 5.75 Å². The molecule has 0 aromatic carbocycles. The zero-order valence-electron chi connectivity index (χ0n) is 12.5. The van der Waals surface area contributed by atoms with E-state index in [0.717, 1.165) is 5.82 Å². The van der Waals surface area contributed by atoms with Crippen molar-refractivity contribution >= 4 is 29.1 Å². The first-order valence-electron chi connectivity index (χ1n) is 6.76. The normalized spacial score (nSPS) is 12.8. The van der Waals surface area contributed by atoms with Crippen LogP contribution in [0.5, 0.6) is 0 Å². The van der Waals surface area contributed by atoms with Crippen molar-refractivity contribution in [2.24, 2.45) is 0 Å². The van der Waals surface area contributed by atoms with Crippen LogP contribution < -0.4 is 0 Å². The summed E-state index contributed by atoms with van der Waals surface area (Å²) in [5.74, 6) is 0.272. The highest BCUT2D eigenvalue weighted by Crippen LogP contribution is 2.32. The van der Waals surface area contributed by atoms with Gasteiger partial charge in [0.2, 0.25) is 0 Å². The summed E-state index contributed by atoms with van der Waals surface area (Å²) in [6, 6.07) is 4.31. The predicted molar refractivity (Wildman–Crippen MR) is 85.3 cm³/mol. The van der Waals surface area contributed by atoms with Crippen LogP contribution in [0.15, 0.2) is 17.3 Å². The third-order valence-electron chi connectivity index (χ3n) is 3.09. The lowest BCUT2D eigenvalue weighted by atomic mass is 10.2. The summed E-state index contributed by atoms with van der Waals surface area (Å²) in [7, 11) is 0. The maximum Gasteiger partial charge on any atom is 0.313 e. The zero-order valence-corrected chi connectivity index (χ0v) is 14.2. The molecule has 0 aliphatic rings. The highest BCUT2D eigenvalue weighted by atomic mass is 32.2. The van der Waals surface area contributed by atoms with Gasteiger partial charge in [0.05, 0.1) is 11.8 Å². The van der Waals surface area contributed by atoms with Gasteiger partial charge < -0.3 is 5.11 Å². The van der Waals surface area contributed by atoms with Gasteiger partial charge in [-0.15, -0.1) is 21.5 Å². The standard InChI is InChI=1S/C14H19N3O2S2/c1-8(2)13-15-16-14(20-7-12(18)19)17(13)10(4)11-6-5-9(3)21-11/h5-6,8,10H,7H2,1-4H3,(H,18,19). The van der Waals surface area contributed by atoms with Gasteiger partial charge in [-0.05, 0) is 26.0 Å². The van der Waals surface area contributed by atoms with Crippen LogP contribution in [0.2, 0.25) is 0 Å². The van der Waals surface area contributed by atoms with Crippen LogP contribution in [0.1, 0.15) is 48.3 Å². The summed E-state index contributed by atoms with van der Waals surface area (Å²) in [4.78, 5) is 13.3. The maximum absolute atomic E-state index is 10.8. The average Bonchev–Trinajstić information content (AvgIpc) is 3.01. The largest absolute Gasteiger partial charge is 0.481 e. The van der Waals surface area contributed by atoms with Crippen LogP contribution in [0, 0.1) is 6.92 Å². The van der Waals surface area contributed by atoms with Crippen molar-refractivity contribution in [1.82, 2.24) is 14.8 Å². The average molecular weight is 325 g/mol. The molecule has 0 aliphatic carbocycles. The maximum atomic E-state index is 10.8. The van der Waals surface area contributed by atoms with Gasteiger partial charge in [-0.2, -0.15) is 0 Å². The number of aryl methyl sites for hydroxylation is 1. The lowest BCUT2D eigenvalue weighted by molar-refractivity contribution is -0.133. The summed E-state index contributed by atoms with van der Waals surface area (Å²) in [5.41, 5.74) is 0. The smallest absolute Gasteiger partial charge is 0.313 e. The zero-order chi connectivity index (χ0) is 15.6. The minimum Gasteiger partial charge on any atom is -0.481 e. The van der Waals surface area contributed by atoms with Crippen molar-refractivity contribution in [3.8, 4) is 0 Å². The van der Waals surface area contributed by atoms with Crippen molar-refractivity contribution in [2.45, 2.75) is 44.8 Å². The Kier molecular flexibility index (Phi) is 5.05. The number of thioether (sulfide) groups is 1. The minimum absolute atomic E-state index is 0.00752. The Bertz CT molecular complexity index is 634. The van der Waals surface area contributed by atoms with Crippen LogP contribution in [0.4, 0.5) is 0 Å². The molecule has 21 heavy (non-hydrogen) atoms. The summed E-state index contributed by atoms with van der Waals surface area (Å²) in [6.45, 7) is 8.32. The van der Waals surface area contributed by atoms with E-state index in [0.29, 0.717) is 5.16 Å². The fraction of sp³-hybridized carbons (Fsp3) is 0.500.